The summed E-state index contributed by atoms with van der Waals surface area (Å²) >= 11 is 5.18. The number of nitrogens with zero attached hydrogens (tertiary/aromatic N) is 2. The Kier molecular flexibility index (Phi) is 3.43. The monoisotopic (exact) mass is 288 g/mol. The molecule has 1 aromatic rings. The van der Waals surface area contributed by atoms with Crippen molar-refractivity contribution in [3.05, 3.63) is 20.8 Å². The molecule has 1 aliphatic heterocycles. The van der Waals surface area contributed by atoms with Gasteiger partial charge >= 0.3 is 0 Å². The zero-order valence-electron chi connectivity index (χ0n) is 8.57. The Bertz CT molecular complexity index is 366. The summed E-state index contributed by atoms with van der Waals surface area (Å²) in [6.45, 7) is 3.24. The maximum absolute atomic E-state index is 11.5. The predicted molar refractivity (Wildman–Crippen MR) is 64.9 cm³/mol. The van der Waals surface area contributed by atoms with Crippen LogP contribution in [0.4, 0.5) is 0 Å². The number of thiophene rings is 1. The SMILES string of the molecule is CN1CCN(Cc2ccc(Br)s2)CC1=O. The Morgan fingerprint density at radius 2 is 2.27 bits per heavy atom. The normalized spacial score (nSPS) is 18.5. The summed E-state index contributed by atoms with van der Waals surface area (Å²) in [5, 5.41) is 0. The number of likely N-dealkylation sites (N-methyl/N-ethyl adjacent to an activating group) is 1. The molecule has 0 N–H and O–H groups in total. The van der Waals surface area contributed by atoms with E-state index in [1.165, 1.54) is 4.88 Å². The van der Waals surface area contributed by atoms with Gasteiger partial charge in [-0.3, -0.25) is 9.69 Å². The second-order valence-electron chi connectivity index (χ2n) is 3.73. The average Bonchev–Trinajstić information content (AvgIpc) is 2.58. The number of halogens is 1. The van der Waals surface area contributed by atoms with Crippen molar-refractivity contribution in [2.75, 3.05) is 26.7 Å². The number of amides is 1. The van der Waals surface area contributed by atoms with Gasteiger partial charge < -0.3 is 4.90 Å². The zero-order chi connectivity index (χ0) is 10.8. The lowest BCUT2D eigenvalue weighted by Gasteiger charge is -2.31. The maximum Gasteiger partial charge on any atom is 0.236 e. The molecule has 3 nitrogen and oxygen atoms in total. The molecule has 0 spiro atoms. The lowest BCUT2D eigenvalue weighted by molar-refractivity contribution is -0.134. The minimum Gasteiger partial charge on any atom is -0.343 e. The Hall–Kier alpha value is -0.390. The number of hydrogen-bond donors (Lipinski definition) is 0. The minimum absolute atomic E-state index is 0.219. The first-order valence-electron chi connectivity index (χ1n) is 4.85. The van der Waals surface area contributed by atoms with Crippen LogP contribution in [0.3, 0.4) is 0 Å². The van der Waals surface area contributed by atoms with Crippen LogP contribution in [-0.2, 0) is 11.3 Å². The van der Waals surface area contributed by atoms with E-state index < -0.39 is 0 Å². The highest BCUT2D eigenvalue weighted by Gasteiger charge is 2.20. The molecule has 1 aromatic heterocycles. The largest absolute Gasteiger partial charge is 0.343 e. The molecular formula is C10H13BrN2OS. The van der Waals surface area contributed by atoms with Crippen molar-refractivity contribution in [2.45, 2.75) is 6.54 Å². The molecule has 0 aromatic carbocycles. The van der Waals surface area contributed by atoms with Crippen LogP contribution >= 0.6 is 27.3 Å². The smallest absolute Gasteiger partial charge is 0.236 e. The van der Waals surface area contributed by atoms with Gasteiger partial charge in [0, 0.05) is 31.6 Å². The van der Waals surface area contributed by atoms with Gasteiger partial charge in [0.1, 0.15) is 0 Å². The standard InChI is InChI=1S/C10H13BrN2OS/c1-12-4-5-13(7-10(12)14)6-8-2-3-9(11)15-8/h2-3H,4-7H2,1H3. The molecule has 1 aliphatic rings. The quantitative estimate of drug-likeness (QED) is 0.828. The van der Waals surface area contributed by atoms with Crippen molar-refractivity contribution in [2.24, 2.45) is 0 Å². The molecule has 2 heterocycles. The van der Waals surface area contributed by atoms with Crippen LogP contribution in [0.25, 0.3) is 0 Å². The van der Waals surface area contributed by atoms with Gasteiger partial charge in [-0.1, -0.05) is 0 Å². The molecule has 0 bridgehead atoms. The van der Waals surface area contributed by atoms with Gasteiger partial charge in [-0.25, -0.2) is 0 Å². The summed E-state index contributed by atoms with van der Waals surface area (Å²) in [6, 6.07) is 4.16. The molecule has 1 saturated heterocycles. The van der Waals surface area contributed by atoms with E-state index in [2.05, 4.69) is 33.0 Å². The van der Waals surface area contributed by atoms with Crippen LogP contribution in [0.2, 0.25) is 0 Å². The van der Waals surface area contributed by atoms with Gasteiger partial charge in [-0.05, 0) is 28.1 Å². The lowest BCUT2D eigenvalue weighted by atomic mass is 10.3. The summed E-state index contributed by atoms with van der Waals surface area (Å²) in [4.78, 5) is 16.8. The number of carbonyl (C=O) groups excluding carboxylic acids is 1. The maximum atomic E-state index is 11.5. The van der Waals surface area contributed by atoms with E-state index in [0.29, 0.717) is 6.54 Å². The highest BCUT2D eigenvalue weighted by atomic mass is 79.9. The van der Waals surface area contributed by atoms with E-state index in [0.717, 1.165) is 23.4 Å². The molecule has 2 rings (SSSR count). The van der Waals surface area contributed by atoms with E-state index in [9.17, 15) is 4.79 Å². The molecule has 0 unspecified atom stereocenters. The molecule has 0 radical (unpaired) electrons. The van der Waals surface area contributed by atoms with Crippen molar-refractivity contribution < 1.29 is 4.79 Å². The van der Waals surface area contributed by atoms with E-state index in [-0.39, 0.29) is 5.91 Å². The molecule has 1 amide bonds. The van der Waals surface area contributed by atoms with Crippen molar-refractivity contribution >= 4 is 33.2 Å². The molecule has 0 aliphatic carbocycles. The lowest BCUT2D eigenvalue weighted by Crippen LogP contribution is -2.47. The molecule has 0 atom stereocenters. The van der Waals surface area contributed by atoms with Crippen molar-refractivity contribution in [1.29, 1.82) is 0 Å². The summed E-state index contributed by atoms with van der Waals surface area (Å²) in [5.74, 6) is 0.219. The van der Waals surface area contributed by atoms with Crippen LogP contribution < -0.4 is 0 Å². The van der Waals surface area contributed by atoms with Gasteiger partial charge in [0.2, 0.25) is 5.91 Å². The molecular weight excluding hydrogens is 276 g/mol. The molecule has 15 heavy (non-hydrogen) atoms. The molecule has 0 saturated carbocycles. The first-order chi connectivity index (χ1) is 7.15. The van der Waals surface area contributed by atoms with E-state index in [1.54, 1.807) is 16.2 Å². The van der Waals surface area contributed by atoms with Crippen molar-refractivity contribution in [3.8, 4) is 0 Å². The van der Waals surface area contributed by atoms with Gasteiger partial charge in [0.15, 0.2) is 0 Å². The summed E-state index contributed by atoms with van der Waals surface area (Å²) in [7, 11) is 1.86. The van der Waals surface area contributed by atoms with Crippen LogP contribution in [0, 0.1) is 0 Å². The van der Waals surface area contributed by atoms with Gasteiger partial charge in [0.05, 0.1) is 10.3 Å². The third-order valence-corrected chi connectivity index (χ3v) is 4.15. The highest BCUT2D eigenvalue weighted by Crippen LogP contribution is 2.23. The summed E-state index contributed by atoms with van der Waals surface area (Å²) in [6.07, 6.45) is 0. The number of piperazine rings is 1. The van der Waals surface area contributed by atoms with E-state index in [4.69, 9.17) is 0 Å². The number of hydrogen-bond acceptors (Lipinski definition) is 3. The summed E-state index contributed by atoms with van der Waals surface area (Å²) in [5.41, 5.74) is 0. The Morgan fingerprint density at radius 1 is 1.47 bits per heavy atom. The third-order valence-electron chi connectivity index (χ3n) is 2.54. The fourth-order valence-electron chi connectivity index (χ4n) is 1.60. The highest BCUT2D eigenvalue weighted by molar-refractivity contribution is 9.11. The predicted octanol–water partition coefficient (Wildman–Crippen LogP) is 1.78. The van der Waals surface area contributed by atoms with Crippen LogP contribution in [-0.4, -0.2) is 42.4 Å². The third kappa shape index (κ3) is 2.80. The van der Waals surface area contributed by atoms with Crippen molar-refractivity contribution in [1.82, 2.24) is 9.80 Å². The molecule has 82 valence electrons. The Labute approximate surface area is 102 Å². The van der Waals surface area contributed by atoms with E-state index in [1.807, 2.05) is 7.05 Å². The Morgan fingerprint density at radius 3 is 2.87 bits per heavy atom. The number of carbonyl (C=O) groups is 1. The summed E-state index contributed by atoms with van der Waals surface area (Å²) < 4.78 is 1.15. The van der Waals surface area contributed by atoms with Gasteiger partial charge in [0.25, 0.3) is 0 Å². The minimum atomic E-state index is 0.219. The second kappa shape index (κ2) is 4.63. The van der Waals surface area contributed by atoms with Gasteiger partial charge in [-0.2, -0.15) is 0 Å². The zero-order valence-corrected chi connectivity index (χ0v) is 11.0. The van der Waals surface area contributed by atoms with Crippen LogP contribution in [0.1, 0.15) is 4.88 Å². The Balaban J connectivity index is 1.93. The van der Waals surface area contributed by atoms with E-state index >= 15 is 0 Å². The fourth-order valence-corrected chi connectivity index (χ4v) is 3.12. The van der Waals surface area contributed by atoms with Gasteiger partial charge in [-0.15, -0.1) is 11.3 Å². The molecule has 5 heteroatoms. The number of rotatable bonds is 2. The first-order valence-corrected chi connectivity index (χ1v) is 6.46. The average molecular weight is 289 g/mol. The van der Waals surface area contributed by atoms with Crippen molar-refractivity contribution in [3.63, 3.8) is 0 Å². The first kappa shape index (κ1) is 11.1. The van der Waals surface area contributed by atoms with Crippen LogP contribution in [0.15, 0.2) is 15.9 Å². The molecule has 1 fully saturated rings. The fraction of sp³-hybridized carbons (Fsp3) is 0.500. The second-order valence-corrected chi connectivity index (χ2v) is 6.28. The van der Waals surface area contributed by atoms with Crippen LogP contribution in [0.5, 0.6) is 0 Å². The topological polar surface area (TPSA) is 23.6 Å².